The fourth-order valence-electron chi connectivity index (χ4n) is 2.24. The molecule has 2 aliphatic heterocycles. The number of amides is 2. The molecule has 0 spiro atoms. The maximum Gasteiger partial charge on any atom is 0.326 e. The molecule has 25 heavy (non-hydrogen) atoms. The summed E-state index contributed by atoms with van der Waals surface area (Å²) in [4.78, 5) is 35.5. The number of nitrogens with zero attached hydrogens (tertiary/aromatic N) is 1. The van der Waals surface area contributed by atoms with Gasteiger partial charge in [-0.1, -0.05) is 42.5 Å². The molecule has 0 aromatic carbocycles. The van der Waals surface area contributed by atoms with Crippen LogP contribution < -0.4 is 0 Å². The van der Waals surface area contributed by atoms with Crippen molar-refractivity contribution in [3.63, 3.8) is 0 Å². The van der Waals surface area contributed by atoms with Crippen molar-refractivity contribution in [2.45, 2.75) is 48.8 Å². The Kier molecular flexibility index (Phi) is 7.99. The molecule has 0 atom stereocenters. The molecular weight excluding hydrogens is 326 g/mol. The molecule has 0 bridgehead atoms. The largest absolute Gasteiger partial charge is 0.464 e. The number of hydrogen-bond donors (Lipinski definition) is 0. The van der Waals surface area contributed by atoms with Crippen LogP contribution in [-0.2, 0) is 28.6 Å². The third kappa shape index (κ3) is 5.93. The number of carbonyl (C=O) groups is 3. The van der Waals surface area contributed by atoms with Gasteiger partial charge in [-0.2, -0.15) is 0 Å². The maximum absolute atomic E-state index is 11.8. The molecule has 1 fully saturated rings. The van der Waals surface area contributed by atoms with E-state index in [0.717, 1.165) is 17.1 Å². The normalized spacial score (nSPS) is 20.1. The van der Waals surface area contributed by atoms with Gasteiger partial charge in [-0.25, -0.2) is 0 Å². The standard InChI is InChI=1S/C16H23NO6.2CH4/c1-15(2)8-22-14(23-9-15)16(3,4)10-21-13(20)7-17-11(18)5-6-12(17)19;;/h5-6,14H,7-10H2,1-4H3;2*1H4. The zero-order valence-electron chi connectivity index (χ0n) is 14.0. The highest BCUT2D eigenvalue weighted by molar-refractivity contribution is 6.14. The van der Waals surface area contributed by atoms with Crippen molar-refractivity contribution in [2.75, 3.05) is 26.4 Å². The van der Waals surface area contributed by atoms with E-state index in [0.29, 0.717) is 13.2 Å². The van der Waals surface area contributed by atoms with E-state index < -0.39 is 29.5 Å². The third-order valence-corrected chi connectivity index (χ3v) is 3.68. The molecule has 0 unspecified atom stereocenters. The number of ether oxygens (including phenoxy) is 3. The summed E-state index contributed by atoms with van der Waals surface area (Å²) in [5.41, 5.74) is -0.573. The lowest BCUT2D eigenvalue weighted by Gasteiger charge is -2.41. The first kappa shape index (κ1) is 23.3. The quantitative estimate of drug-likeness (QED) is 0.554. The van der Waals surface area contributed by atoms with Crippen LogP contribution >= 0.6 is 0 Å². The van der Waals surface area contributed by atoms with Crippen LogP contribution in [0.25, 0.3) is 0 Å². The van der Waals surface area contributed by atoms with E-state index in [-0.39, 0.29) is 33.4 Å². The predicted molar refractivity (Wildman–Crippen MR) is 93.5 cm³/mol. The maximum atomic E-state index is 11.8. The Hall–Kier alpha value is -1.73. The van der Waals surface area contributed by atoms with Crippen LogP contribution in [0, 0.1) is 10.8 Å². The van der Waals surface area contributed by atoms with Gasteiger partial charge in [0.1, 0.15) is 13.2 Å². The fraction of sp³-hybridized carbons (Fsp3) is 0.722. The van der Waals surface area contributed by atoms with Crippen LogP contribution in [0.3, 0.4) is 0 Å². The van der Waals surface area contributed by atoms with Crippen LogP contribution in [0.4, 0.5) is 0 Å². The average Bonchev–Trinajstić information content (AvgIpc) is 2.77. The molecule has 2 heterocycles. The van der Waals surface area contributed by atoms with E-state index in [9.17, 15) is 14.4 Å². The molecular formula is C18H31NO6. The van der Waals surface area contributed by atoms with Crippen molar-refractivity contribution in [1.82, 2.24) is 4.90 Å². The van der Waals surface area contributed by atoms with Crippen LogP contribution in [-0.4, -0.2) is 55.3 Å². The molecule has 0 N–H and O–H groups in total. The highest BCUT2D eigenvalue weighted by Crippen LogP contribution is 2.32. The number of imide groups is 1. The summed E-state index contributed by atoms with van der Waals surface area (Å²) in [7, 11) is 0. The summed E-state index contributed by atoms with van der Waals surface area (Å²) < 4.78 is 16.6. The van der Waals surface area contributed by atoms with Gasteiger partial charge in [-0.05, 0) is 0 Å². The van der Waals surface area contributed by atoms with E-state index in [2.05, 4.69) is 0 Å². The van der Waals surface area contributed by atoms with E-state index >= 15 is 0 Å². The number of rotatable bonds is 5. The van der Waals surface area contributed by atoms with Gasteiger partial charge < -0.3 is 14.2 Å². The smallest absolute Gasteiger partial charge is 0.326 e. The number of hydrogen-bond acceptors (Lipinski definition) is 6. The Morgan fingerprint density at radius 1 is 1.20 bits per heavy atom. The summed E-state index contributed by atoms with van der Waals surface area (Å²) in [6.07, 6.45) is 1.79. The Bertz CT molecular complexity index is 510. The molecule has 7 nitrogen and oxygen atoms in total. The van der Waals surface area contributed by atoms with Crippen molar-refractivity contribution < 1.29 is 28.6 Å². The van der Waals surface area contributed by atoms with Crippen LogP contribution in [0.5, 0.6) is 0 Å². The molecule has 2 aliphatic rings. The molecule has 7 heteroatoms. The molecule has 0 saturated carbocycles. The van der Waals surface area contributed by atoms with E-state index in [1.807, 2.05) is 27.7 Å². The molecule has 1 saturated heterocycles. The van der Waals surface area contributed by atoms with Crippen molar-refractivity contribution in [3.05, 3.63) is 12.2 Å². The van der Waals surface area contributed by atoms with Gasteiger partial charge in [0.2, 0.25) is 0 Å². The zero-order chi connectivity index (χ0) is 17.3. The van der Waals surface area contributed by atoms with Crippen molar-refractivity contribution in [3.8, 4) is 0 Å². The minimum Gasteiger partial charge on any atom is -0.464 e. The molecule has 2 rings (SSSR count). The van der Waals surface area contributed by atoms with E-state index in [1.54, 1.807) is 0 Å². The highest BCUT2D eigenvalue weighted by Gasteiger charge is 2.39. The van der Waals surface area contributed by atoms with Crippen molar-refractivity contribution >= 4 is 17.8 Å². The van der Waals surface area contributed by atoms with E-state index in [1.165, 1.54) is 0 Å². The predicted octanol–water partition coefficient (Wildman–Crippen LogP) is 2.15. The summed E-state index contributed by atoms with van der Waals surface area (Å²) in [6, 6.07) is 0. The first-order valence-corrected chi connectivity index (χ1v) is 7.53. The second-order valence-corrected chi connectivity index (χ2v) is 7.36. The topological polar surface area (TPSA) is 82.1 Å². The monoisotopic (exact) mass is 357 g/mol. The van der Waals surface area contributed by atoms with Gasteiger partial charge in [-0.15, -0.1) is 0 Å². The third-order valence-electron chi connectivity index (χ3n) is 3.68. The summed E-state index contributed by atoms with van der Waals surface area (Å²) in [6.45, 7) is 8.66. The van der Waals surface area contributed by atoms with Gasteiger partial charge in [0, 0.05) is 23.0 Å². The van der Waals surface area contributed by atoms with Gasteiger partial charge in [0.05, 0.1) is 13.2 Å². The molecule has 144 valence electrons. The zero-order valence-corrected chi connectivity index (χ0v) is 14.0. The number of carbonyl (C=O) groups excluding carboxylic acids is 3. The minimum atomic E-state index is -0.639. The molecule has 0 aromatic rings. The molecule has 0 radical (unpaired) electrons. The van der Waals surface area contributed by atoms with Gasteiger partial charge in [0.25, 0.3) is 11.8 Å². The summed E-state index contributed by atoms with van der Waals surface area (Å²) >= 11 is 0. The summed E-state index contributed by atoms with van der Waals surface area (Å²) in [5, 5.41) is 0. The van der Waals surface area contributed by atoms with Crippen LogP contribution in [0.2, 0.25) is 0 Å². The molecule has 2 amide bonds. The van der Waals surface area contributed by atoms with Crippen molar-refractivity contribution in [2.24, 2.45) is 10.8 Å². The lowest BCUT2D eigenvalue weighted by atomic mass is 9.90. The van der Waals surface area contributed by atoms with Crippen molar-refractivity contribution in [1.29, 1.82) is 0 Å². The average molecular weight is 357 g/mol. The lowest BCUT2D eigenvalue weighted by molar-refractivity contribution is -0.269. The lowest BCUT2D eigenvalue weighted by Crippen LogP contribution is -2.47. The highest BCUT2D eigenvalue weighted by atomic mass is 16.7. The Morgan fingerprint density at radius 2 is 1.68 bits per heavy atom. The Morgan fingerprint density at radius 3 is 2.16 bits per heavy atom. The Labute approximate surface area is 150 Å². The second kappa shape index (κ2) is 8.58. The first-order chi connectivity index (χ1) is 10.6. The van der Waals surface area contributed by atoms with Gasteiger partial charge >= 0.3 is 5.97 Å². The molecule has 0 aliphatic carbocycles. The first-order valence-electron chi connectivity index (χ1n) is 7.53. The van der Waals surface area contributed by atoms with Crippen LogP contribution in [0.15, 0.2) is 12.2 Å². The summed E-state index contributed by atoms with van der Waals surface area (Å²) in [5.74, 6) is -1.65. The Balaban J connectivity index is 0.00000288. The number of esters is 1. The van der Waals surface area contributed by atoms with Crippen LogP contribution in [0.1, 0.15) is 42.5 Å². The van der Waals surface area contributed by atoms with Gasteiger partial charge in [-0.3, -0.25) is 19.3 Å². The SMILES string of the molecule is C.C.CC1(C)COC(C(C)(C)COC(=O)CN2C(=O)C=CC2=O)OC1. The van der Waals surface area contributed by atoms with E-state index in [4.69, 9.17) is 14.2 Å². The fourth-order valence-corrected chi connectivity index (χ4v) is 2.24. The minimum absolute atomic E-state index is 0. The van der Waals surface area contributed by atoms with Gasteiger partial charge in [0.15, 0.2) is 6.29 Å². The second-order valence-electron chi connectivity index (χ2n) is 7.36. The molecule has 0 aromatic heterocycles.